The van der Waals surface area contributed by atoms with Crippen LogP contribution in [0.25, 0.3) is 121 Å². The van der Waals surface area contributed by atoms with Crippen molar-refractivity contribution in [3.63, 3.8) is 0 Å². The van der Waals surface area contributed by atoms with Crippen molar-refractivity contribution >= 4 is 87.2 Å². The molecule has 13 aromatic rings. The topological polar surface area (TPSA) is 48.8 Å². The number of aromatic nitrogens is 4. The average molecular weight is 753 g/mol. The summed E-state index contributed by atoms with van der Waals surface area (Å²) >= 11 is 0. The summed E-state index contributed by atoms with van der Waals surface area (Å²) in [5, 5.41) is 10.0. The molecule has 0 N–H and O–H groups in total. The molecule has 0 fully saturated rings. The van der Waals surface area contributed by atoms with E-state index < -0.39 is 0 Å². The summed E-state index contributed by atoms with van der Waals surface area (Å²) in [6.07, 6.45) is 0. The molecular weight excluding hydrogens is 721 g/mol. The van der Waals surface area contributed by atoms with Crippen molar-refractivity contribution in [1.82, 2.24) is 19.1 Å². The molecule has 0 atom stereocenters. The van der Waals surface area contributed by atoms with E-state index in [1.54, 1.807) is 0 Å². The molecule has 0 spiro atoms. The minimum absolute atomic E-state index is 0.608. The van der Waals surface area contributed by atoms with Crippen molar-refractivity contribution in [2.75, 3.05) is 0 Å². The number of hydrogen-bond donors (Lipinski definition) is 0. The lowest BCUT2D eigenvalue weighted by atomic mass is 10.0. The highest BCUT2D eigenvalue weighted by Gasteiger charge is 2.25. The number of para-hydroxylation sites is 3. The number of fused-ring (bicyclic) bond motifs is 13. The first kappa shape index (κ1) is 32.1. The van der Waals surface area contributed by atoms with Crippen molar-refractivity contribution in [1.29, 1.82) is 0 Å². The summed E-state index contributed by atoms with van der Waals surface area (Å²) in [6.45, 7) is 0. The Morgan fingerprint density at radius 2 is 1.05 bits per heavy atom. The molecule has 5 heteroatoms. The molecule has 0 saturated carbocycles. The van der Waals surface area contributed by atoms with Gasteiger partial charge in [0.1, 0.15) is 11.2 Å². The van der Waals surface area contributed by atoms with E-state index in [4.69, 9.17) is 14.4 Å². The van der Waals surface area contributed by atoms with E-state index in [0.717, 1.165) is 99.0 Å². The SMILES string of the molecule is c1ccc(-c2ccc(-c3nc(-n4c5ccc6c7ccccc7oc6c5c5ccc6c(c7ccccc7n6-c6ccc7ccccc7c6)c54)nc4ccccc34)cc2)cc1. The molecule has 0 bridgehead atoms. The normalized spacial score (nSPS) is 12.1. The van der Waals surface area contributed by atoms with Gasteiger partial charge in [-0.05, 0) is 76.5 Å². The Morgan fingerprint density at radius 1 is 0.390 bits per heavy atom. The van der Waals surface area contributed by atoms with E-state index in [2.05, 4.69) is 197 Å². The van der Waals surface area contributed by atoms with E-state index in [1.807, 2.05) is 6.07 Å². The fourth-order valence-electron chi connectivity index (χ4n) is 9.46. The highest BCUT2D eigenvalue weighted by Crippen LogP contribution is 2.45. The lowest BCUT2D eigenvalue weighted by molar-refractivity contribution is 0.673. The van der Waals surface area contributed by atoms with Gasteiger partial charge >= 0.3 is 0 Å². The van der Waals surface area contributed by atoms with Crippen LogP contribution in [-0.2, 0) is 0 Å². The lowest BCUT2D eigenvalue weighted by Crippen LogP contribution is -2.03. The van der Waals surface area contributed by atoms with E-state index >= 15 is 0 Å². The number of benzene rings is 9. The summed E-state index contributed by atoms with van der Waals surface area (Å²) in [4.78, 5) is 10.9. The molecule has 5 nitrogen and oxygen atoms in total. The van der Waals surface area contributed by atoms with E-state index in [1.165, 1.54) is 16.3 Å². The number of nitrogens with zero attached hydrogens (tertiary/aromatic N) is 4. The van der Waals surface area contributed by atoms with Gasteiger partial charge in [0.25, 0.3) is 0 Å². The van der Waals surface area contributed by atoms with E-state index in [-0.39, 0.29) is 0 Å². The van der Waals surface area contributed by atoms with Crippen LogP contribution in [0.2, 0.25) is 0 Å². The summed E-state index contributed by atoms with van der Waals surface area (Å²) in [6, 6.07) is 68.9. The fraction of sp³-hybridized carbons (Fsp3) is 0. The van der Waals surface area contributed by atoms with Gasteiger partial charge in [0.15, 0.2) is 0 Å². The molecular formula is C54H32N4O. The van der Waals surface area contributed by atoms with Gasteiger partial charge in [-0.15, -0.1) is 0 Å². The Morgan fingerprint density at radius 3 is 1.92 bits per heavy atom. The molecule has 0 aliphatic carbocycles. The van der Waals surface area contributed by atoms with E-state index in [9.17, 15) is 0 Å². The second-order valence-corrected chi connectivity index (χ2v) is 15.3. The Bertz CT molecular complexity index is 3830. The van der Waals surface area contributed by atoms with Gasteiger partial charge in [0.2, 0.25) is 5.95 Å². The molecule has 0 unspecified atom stereocenters. The van der Waals surface area contributed by atoms with Crippen LogP contribution >= 0.6 is 0 Å². The minimum Gasteiger partial charge on any atom is -0.455 e. The molecule has 0 amide bonds. The summed E-state index contributed by atoms with van der Waals surface area (Å²) < 4.78 is 11.5. The predicted molar refractivity (Wildman–Crippen MR) is 244 cm³/mol. The van der Waals surface area contributed by atoms with Crippen molar-refractivity contribution < 1.29 is 4.42 Å². The quantitative estimate of drug-likeness (QED) is 0.180. The van der Waals surface area contributed by atoms with Crippen LogP contribution < -0.4 is 0 Å². The third kappa shape index (κ3) is 4.67. The summed E-state index contributed by atoms with van der Waals surface area (Å²) in [5.74, 6) is 0.608. The van der Waals surface area contributed by atoms with Crippen molar-refractivity contribution in [3.05, 3.63) is 194 Å². The van der Waals surface area contributed by atoms with Crippen LogP contribution in [-0.4, -0.2) is 19.1 Å². The first-order chi connectivity index (χ1) is 29.3. The Hall–Kier alpha value is -8.02. The summed E-state index contributed by atoms with van der Waals surface area (Å²) in [7, 11) is 0. The summed E-state index contributed by atoms with van der Waals surface area (Å²) in [5.41, 5.74) is 12.3. The smallest absolute Gasteiger partial charge is 0.235 e. The van der Waals surface area contributed by atoms with Gasteiger partial charge in [-0.25, -0.2) is 9.97 Å². The second-order valence-electron chi connectivity index (χ2n) is 15.3. The Labute approximate surface area is 337 Å². The fourth-order valence-corrected chi connectivity index (χ4v) is 9.46. The van der Waals surface area contributed by atoms with Gasteiger partial charge in [-0.1, -0.05) is 140 Å². The molecule has 0 saturated heterocycles. The molecule has 0 radical (unpaired) electrons. The molecule has 4 heterocycles. The molecule has 59 heavy (non-hydrogen) atoms. The Balaban J connectivity index is 1.16. The highest BCUT2D eigenvalue weighted by atomic mass is 16.3. The lowest BCUT2D eigenvalue weighted by Gasteiger charge is -2.13. The predicted octanol–water partition coefficient (Wildman–Crippen LogP) is 14.2. The maximum absolute atomic E-state index is 6.79. The van der Waals surface area contributed by atoms with Gasteiger partial charge in [0, 0.05) is 43.6 Å². The van der Waals surface area contributed by atoms with Crippen molar-refractivity contribution in [2.24, 2.45) is 0 Å². The number of furan rings is 1. The molecule has 0 aliphatic rings. The number of hydrogen-bond acceptors (Lipinski definition) is 3. The third-order valence-corrected chi connectivity index (χ3v) is 12.1. The molecule has 4 aromatic heterocycles. The van der Waals surface area contributed by atoms with Crippen molar-refractivity contribution in [2.45, 2.75) is 0 Å². The molecule has 0 aliphatic heterocycles. The minimum atomic E-state index is 0.608. The van der Waals surface area contributed by atoms with Gasteiger partial charge in [-0.3, -0.25) is 4.57 Å². The second kappa shape index (κ2) is 12.2. The monoisotopic (exact) mass is 752 g/mol. The highest BCUT2D eigenvalue weighted by molar-refractivity contribution is 6.31. The van der Waals surface area contributed by atoms with Crippen LogP contribution in [0.4, 0.5) is 0 Å². The Kier molecular flexibility index (Phi) is 6.66. The van der Waals surface area contributed by atoms with Crippen LogP contribution in [0.1, 0.15) is 0 Å². The first-order valence-electron chi connectivity index (χ1n) is 20.0. The third-order valence-electron chi connectivity index (χ3n) is 12.1. The van der Waals surface area contributed by atoms with Crippen LogP contribution in [0, 0.1) is 0 Å². The molecule has 274 valence electrons. The van der Waals surface area contributed by atoms with Crippen LogP contribution in [0.3, 0.4) is 0 Å². The van der Waals surface area contributed by atoms with Gasteiger partial charge < -0.3 is 8.98 Å². The zero-order chi connectivity index (χ0) is 38.6. The number of rotatable bonds is 4. The molecule has 9 aromatic carbocycles. The molecule has 13 rings (SSSR count). The maximum atomic E-state index is 6.79. The zero-order valence-electron chi connectivity index (χ0n) is 31.7. The maximum Gasteiger partial charge on any atom is 0.235 e. The van der Waals surface area contributed by atoms with Crippen LogP contribution in [0.15, 0.2) is 199 Å². The van der Waals surface area contributed by atoms with Gasteiger partial charge in [-0.2, -0.15) is 0 Å². The zero-order valence-corrected chi connectivity index (χ0v) is 31.7. The largest absolute Gasteiger partial charge is 0.455 e. The van der Waals surface area contributed by atoms with E-state index in [0.29, 0.717) is 5.95 Å². The first-order valence-corrected chi connectivity index (χ1v) is 20.0. The van der Waals surface area contributed by atoms with Crippen LogP contribution in [0.5, 0.6) is 0 Å². The standard InChI is InChI=1S/C54H32N4O/c1-2-12-33(13-3-1)35-22-24-36(25-23-35)51-41-17-6-9-19-44(41)55-54(56-51)58-47-30-28-40-39-16-8-11-21-48(39)59-53(40)50(47)43-29-31-46-49(52(43)58)42-18-7-10-20-45(42)57(46)38-27-26-34-14-4-5-15-37(34)32-38/h1-32H. The van der Waals surface area contributed by atoms with Gasteiger partial charge in [0.05, 0.1) is 38.7 Å². The van der Waals surface area contributed by atoms with Crippen molar-refractivity contribution in [3.8, 4) is 34.0 Å². The average Bonchev–Trinajstić information content (AvgIpc) is 3.96.